The predicted octanol–water partition coefficient (Wildman–Crippen LogP) is 3.21. The summed E-state index contributed by atoms with van der Waals surface area (Å²) in [5.74, 6) is -2.11. The van der Waals surface area contributed by atoms with Crippen LogP contribution in [0, 0.1) is 0 Å². The van der Waals surface area contributed by atoms with Crippen LogP contribution in [0.2, 0.25) is 0 Å². The molecule has 0 heterocycles. The van der Waals surface area contributed by atoms with Gasteiger partial charge in [-0.2, -0.15) is 0 Å². The van der Waals surface area contributed by atoms with Crippen LogP contribution in [0.1, 0.15) is 31.1 Å². The molecule has 0 atom stereocenters. The highest BCUT2D eigenvalue weighted by molar-refractivity contribution is 9.09. The second-order valence-electron chi connectivity index (χ2n) is 3.38. The minimum absolute atomic E-state index is 0.00390. The minimum atomic E-state index is -0.762. The van der Waals surface area contributed by atoms with Crippen LogP contribution in [-0.2, 0) is 14.2 Å². The van der Waals surface area contributed by atoms with Crippen LogP contribution < -0.4 is 0 Å². The van der Waals surface area contributed by atoms with Gasteiger partial charge in [-0.05, 0) is 66.0 Å². The molecule has 1 aromatic rings. The standard InChI is InChI=1S/C12H9Br3O6/c13-4-19-10(16)7-1-2-8(11(17)20-5-14)9(3-7)12(18)21-6-15/h1-3H,4-6H2. The summed E-state index contributed by atoms with van der Waals surface area (Å²) in [5.41, 5.74) is -0.0203. The molecule has 1 rings (SSSR count). The summed E-state index contributed by atoms with van der Waals surface area (Å²) in [6.45, 7) is 0. The molecule has 0 aliphatic rings. The van der Waals surface area contributed by atoms with E-state index in [1.807, 2.05) is 0 Å². The molecule has 0 bridgehead atoms. The fourth-order valence-corrected chi connectivity index (χ4v) is 2.03. The lowest BCUT2D eigenvalue weighted by Crippen LogP contribution is -2.15. The highest BCUT2D eigenvalue weighted by Gasteiger charge is 2.22. The molecule has 0 amide bonds. The molecule has 0 unspecified atom stereocenters. The van der Waals surface area contributed by atoms with E-state index < -0.39 is 17.9 Å². The number of halogens is 3. The van der Waals surface area contributed by atoms with Crippen LogP contribution in [-0.4, -0.2) is 34.5 Å². The Morgan fingerprint density at radius 1 is 0.762 bits per heavy atom. The molecule has 114 valence electrons. The molecular formula is C12H9Br3O6. The molecule has 0 aliphatic carbocycles. The molecule has 0 spiro atoms. The predicted molar refractivity (Wildman–Crippen MR) is 84.1 cm³/mol. The number of benzene rings is 1. The van der Waals surface area contributed by atoms with E-state index in [9.17, 15) is 14.4 Å². The lowest BCUT2D eigenvalue weighted by Gasteiger charge is -2.09. The summed E-state index contributed by atoms with van der Waals surface area (Å²) in [4.78, 5) is 35.3. The summed E-state index contributed by atoms with van der Waals surface area (Å²) >= 11 is 8.86. The monoisotopic (exact) mass is 486 g/mol. The number of alkyl halides is 3. The van der Waals surface area contributed by atoms with Crippen LogP contribution >= 0.6 is 47.8 Å². The smallest absolute Gasteiger partial charge is 0.339 e. The summed E-state index contributed by atoms with van der Waals surface area (Å²) < 4.78 is 14.3. The lowest BCUT2D eigenvalue weighted by atomic mass is 10.0. The van der Waals surface area contributed by atoms with Gasteiger partial charge < -0.3 is 14.2 Å². The largest absolute Gasteiger partial charge is 0.450 e. The van der Waals surface area contributed by atoms with E-state index in [-0.39, 0.29) is 33.2 Å². The first-order chi connectivity index (χ1) is 10.0. The fraction of sp³-hybridized carbons (Fsp3) is 0.250. The molecule has 0 fully saturated rings. The average molecular weight is 489 g/mol. The van der Waals surface area contributed by atoms with Crippen LogP contribution in [0.3, 0.4) is 0 Å². The molecule has 0 saturated carbocycles. The van der Waals surface area contributed by atoms with Gasteiger partial charge in [-0.3, -0.25) is 0 Å². The van der Waals surface area contributed by atoms with Crippen molar-refractivity contribution in [3.8, 4) is 0 Å². The van der Waals surface area contributed by atoms with Crippen LogP contribution in [0.4, 0.5) is 0 Å². The maximum atomic E-state index is 11.9. The molecule has 21 heavy (non-hydrogen) atoms. The zero-order valence-corrected chi connectivity index (χ0v) is 15.2. The van der Waals surface area contributed by atoms with Crippen molar-refractivity contribution in [2.45, 2.75) is 0 Å². The van der Waals surface area contributed by atoms with E-state index in [2.05, 4.69) is 47.8 Å². The van der Waals surface area contributed by atoms with Crippen molar-refractivity contribution in [1.82, 2.24) is 0 Å². The van der Waals surface area contributed by atoms with E-state index in [0.29, 0.717) is 0 Å². The lowest BCUT2D eigenvalue weighted by molar-refractivity contribution is 0.0535. The van der Waals surface area contributed by atoms with Crippen molar-refractivity contribution >= 4 is 65.7 Å². The summed E-state index contributed by atoms with van der Waals surface area (Å²) in [7, 11) is 0. The third-order valence-corrected chi connectivity index (χ3v) is 2.94. The molecule has 6 nitrogen and oxygen atoms in total. The Labute approximate surface area is 145 Å². The van der Waals surface area contributed by atoms with Crippen molar-refractivity contribution < 1.29 is 28.6 Å². The Hall–Kier alpha value is -0.930. The molecule has 9 heteroatoms. The SMILES string of the molecule is O=C(OCBr)c1ccc(C(=O)OCBr)c(C(=O)OCBr)c1. The highest BCUT2D eigenvalue weighted by atomic mass is 79.9. The van der Waals surface area contributed by atoms with Gasteiger partial charge in [-0.25, -0.2) is 14.4 Å². The number of rotatable bonds is 6. The number of carbonyl (C=O) groups excluding carboxylic acids is 3. The van der Waals surface area contributed by atoms with Crippen molar-refractivity contribution in [2.75, 3.05) is 16.5 Å². The van der Waals surface area contributed by atoms with E-state index in [0.717, 1.165) is 0 Å². The third kappa shape index (κ3) is 5.08. The molecule has 0 N–H and O–H groups in total. The zero-order chi connectivity index (χ0) is 15.8. The maximum absolute atomic E-state index is 11.9. The first-order valence-electron chi connectivity index (χ1n) is 5.38. The highest BCUT2D eigenvalue weighted by Crippen LogP contribution is 2.17. The quantitative estimate of drug-likeness (QED) is 0.347. The average Bonchev–Trinajstić information content (AvgIpc) is 2.47. The fourth-order valence-electron chi connectivity index (χ4n) is 1.41. The van der Waals surface area contributed by atoms with Gasteiger partial charge in [0, 0.05) is 0 Å². The normalized spacial score (nSPS) is 9.86. The number of hydrogen-bond donors (Lipinski definition) is 0. The number of ether oxygens (including phenoxy) is 3. The van der Waals surface area contributed by atoms with E-state index >= 15 is 0 Å². The van der Waals surface area contributed by atoms with E-state index in [4.69, 9.17) is 14.2 Å². The molecular weight excluding hydrogens is 480 g/mol. The van der Waals surface area contributed by atoms with E-state index in [1.54, 1.807) is 0 Å². The Balaban J connectivity index is 3.22. The van der Waals surface area contributed by atoms with Crippen molar-refractivity contribution in [3.05, 3.63) is 34.9 Å². The van der Waals surface area contributed by atoms with Crippen LogP contribution in [0.15, 0.2) is 18.2 Å². The first kappa shape index (κ1) is 18.1. The Bertz CT molecular complexity index is 546. The molecule has 0 radical (unpaired) electrons. The molecule has 0 aliphatic heterocycles. The zero-order valence-electron chi connectivity index (χ0n) is 10.4. The summed E-state index contributed by atoms with van der Waals surface area (Å²) in [6.07, 6.45) is 0. The van der Waals surface area contributed by atoms with Crippen molar-refractivity contribution in [1.29, 1.82) is 0 Å². The number of esters is 3. The Morgan fingerprint density at radius 3 is 1.76 bits per heavy atom. The molecule has 1 aromatic carbocycles. The first-order valence-corrected chi connectivity index (χ1v) is 8.74. The number of hydrogen-bond acceptors (Lipinski definition) is 6. The van der Waals surface area contributed by atoms with Gasteiger partial charge in [0.25, 0.3) is 0 Å². The second kappa shape index (κ2) is 9.16. The summed E-state index contributed by atoms with van der Waals surface area (Å²) in [5, 5.41) is 0. The maximum Gasteiger partial charge on any atom is 0.339 e. The van der Waals surface area contributed by atoms with Crippen molar-refractivity contribution in [3.63, 3.8) is 0 Å². The van der Waals surface area contributed by atoms with Gasteiger partial charge in [0.1, 0.15) is 16.5 Å². The van der Waals surface area contributed by atoms with Gasteiger partial charge >= 0.3 is 17.9 Å². The van der Waals surface area contributed by atoms with Gasteiger partial charge in [-0.15, -0.1) is 0 Å². The second-order valence-corrected chi connectivity index (χ2v) is 4.76. The Kier molecular flexibility index (Phi) is 7.91. The Morgan fingerprint density at radius 2 is 1.24 bits per heavy atom. The van der Waals surface area contributed by atoms with E-state index in [1.165, 1.54) is 18.2 Å². The van der Waals surface area contributed by atoms with Crippen molar-refractivity contribution in [2.24, 2.45) is 0 Å². The molecule has 0 saturated heterocycles. The van der Waals surface area contributed by atoms with Gasteiger partial charge in [0.05, 0.1) is 16.7 Å². The number of carbonyl (C=O) groups is 3. The van der Waals surface area contributed by atoms with Gasteiger partial charge in [-0.1, -0.05) is 0 Å². The van der Waals surface area contributed by atoms with Crippen LogP contribution in [0.5, 0.6) is 0 Å². The molecule has 0 aromatic heterocycles. The van der Waals surface area contributed by atoms with Crippen LogP contribution in [0.25, 0.3) is 0 Å². The van der Waals surface area contributed by atoms with Gasteiger partial charge in [0.2, 0.25) is 0 Å². The minimum Gasteiger partial charge on any atom is -0.450 e. The third-order valence-electron chi connectivity index (χ3n) is 2.25. The topological polar surface area (TPSA) is 78.9 Å². The van der Waals surface area contributed by atoms with Gasteiger partial charge in [0.15, 0.2) is 0 Å². The summed E-state index contributed by atoms with van der Waals surface area (Å²) in [6, 6.07) is 3.89.